The van der Waals surface area contributed by atoms with Gasteiger partial charge in [0.05, 0.1) is 11.9 Å². The molecule has 0 bridgehead atoms. The van der Waals surface area contributed by atoms with Gasteiger partial charge >= 0.3 is 0 Å². The zero-order valence-electron chi connectivity index (χ0n) is 19.5. The number of carbonyl (C=O) groups excluding carboxylic acids is 2. The summed E-state index contributed by atoms with van der Waals surface area (Å²) < 4.78 is 40.1. The van der Waals surface area contributed by atoms with Crippen molar-refractivity contribution in [2.24, 2.45) is 0 Å². The number of para-hydroxylation sites is 1. The molecule has 2 rings (SSSR count). The summed E-state index contributed by atoms with van der Waals surface area (Å²) in [5, 5.41) is 2.81. The number of sulfonamides is 1. The number of aryl methyl sites for hydroxylation is 1. The van der Waals surface area contributed by atoms with Crippen molar-refractivity contribution in [3.63, 3.8) is 0 Å². The molecule has 1 atom stereocenters. The zero-order valence-corrected chi connectivity index (χ0v) is 20.4. The van der Waals surface area contributed by atoms with Gasteiger partial charge in [0.25, 0.3) is 0 Å². The second-order valence-electron chi connectivity index (χ2n) is 7.94. The number of rotatable bonds is 11. The standard InChI is InChI=1S/C24H32FN3O4S/c1-5-15-26-24(30)21(6-2)27(16-19-13-11-18(3)12-14-19)23(29)17-28(33(4,31)32)22-10-8-7-9-20(22)25/h7-14,21H,5-6,15-17H2,1-4H3,(H,26,30)/t21-/m0/s1. The van der Waals surface area contributed by atoms with Crippen LogP contribution in [0, 0.1) is 12.7 Å². The SMILES string of the molecule is CCCNC(=O)[C@H](CC)N(Cc1ccc(C)cc1)C(=O)CN(c1ccccc1F)S(C)(=O)=O. The van der Waals surface area contributed by atoms with Crippen LogP contribution in [0.5, 0.6) is 0 Å². The minimum absolute atomic E-state index is 0.117. The maximum atomic E-state index is 14.4. The Labute approximate surface area is 195 Å². The van der Waals surface area contributed by atoms with E-state index >= 15 is 0 Å². The number of benzene rings is 2. The summed E-state index contributed by atoms with van der Waals surface area (Å²) in [6.45, 7) is 5.62. The predicted octanol–water partition coefficient (Wildman–Crippen LogP) is 3.23. The summed E-state index contributed by atoms with van der Waals surface area (Å²) in [7, 11) is -3.97. The molecule has 0 aromatic heterocycles. The van der Waals surface area contributed by atoms with Crippen LogP contribution in [0.1, 0.15) is 37.8 Å². The third kappa shape index (κ3) is 7.28. The lowest BCUT2D eigenvalue weighted by Gasteiger charge is -2.33. The first-order valence-corrected chi connectivity index (χ1v) is 12.8. The van der Waals surface area contributed by atoms with E-state index in [9.17, 15) is 22.4 Å². The Kier molecular flexibility index (Phi) is 9.40. The second kappa shape index (κ2) is 11.8. The molecule has 0 saturated carbocycles. The monoisotopic (exact) mass is 477 g/mol. The average Bonchev–Trinajstić information content (AvgIpc) is 2.77. The highest BCUT2D eigenvalue weighted by Gasteiger charge is 2.32. The zero-order chi connectivity index (χ0) is 24.6. The third-order valence-corrected chi connectivity index (χ3v) is 6.34. The second-order valence-corrected chi connectivity index (χ2v) is 9.85. The Bertz CT molecular complexity index is 1060. The van der Waals surface area contributed by atoms with Crippen molar-refractivity contribution in [1.82, 2.24) is 10.2 Å². The van der Waals surface area contributed by atoms with Gasteiger partial charge in [-0.25, -0.2) is 12.8 Å². The Hall–Kier alpha value is -2.94. The van der Waals surface area contributed by atoms with Gasteiger partial charge in [-0.1, -0.05) is 55.8 Å². The molecular weight excluding hydrogens is 445 g/mol. The quantitative estimate of drug-likeness (QED) is 0.538. The normalized spacial score (nSPS) is 12.2. The maximum absolute atomic E-state index is 14.4. The summed E-state index contributed by atoms with van der Waals surface area (Å²) in [6.07, 6.45) is 2.00. The largest absolute Gasteiger partial charge is 0.354 e. The molecule has 0 aliphatic carbocycles. The molecule has 0 unspecified atom stereocenters. The van der Waals surface area contributed by atoms with Crippen LogP contribution in [-0.2, 0) is 26.2 Å². The van der Waals surface area contributed by atoms with Crippen molar-refractivity contribution >= 4 is 27.5 Å². The Morgan fingerprint density at radius 1 is 1.06 bits per heavy atom. The number of anilines is 1. The lowest BCUT2D eigenvalue weighted by molar-refractivity contribution is -0.140. The molecule has 7 nitrogen and oxygen atoms in total. The Morgan fingerprint density at radius 3 is 2.24 bits per heavy atom. The molecule has 0 aliphatic rings. The van der Waals surface area contributed by atoms with Gasteiger partial charge in [0.2, 0.25) is 21.8 Å². The van der Waals surface area contributed by atoms with E-state index < -0.39 is 34.3 Å². The van der Waals surface area contributed by atoms with Crippen LogP contribution in [0.15, 0.2) is 48.5 Å². The molecule has 33 heavy (non-hydrogen) atoms. The fraction of sp³-hybridized carbons (Fsp3) is 0.417. The number of nitrogens with one attached hydrogen (secondary N) is 1. The van der Waals surface area contributed by atoms with Gasteiger partial charge in [0.1, 0.15) is 18.4 Å². The molecule has 0 heterocycles. The van der Waals surface area contributed by atoms with Gasteiger partial charge in [-0.05, 0) is 37.5 Å². The minimum atomic E-state index is -3.97. The fourth-order valence-corrected chi connectivity index (χ4v) is 4.27. The number of halogens is 1. The van der Waals surface area contributed by atoms with E-state index in [1.807, 2.05) is 38.1 Å². The van der Waals surface area contributed by atoms with Crippen molar-refractivity contribution < 1.29 is 22.4 Å². The lowest BCUT2D eigenvalue weighted by Crippen LogP contribution is -2.52. The van der Waals surface area contributed by atoms with Crippen molar-refractivity contribution in [3.05, 3.63) is 65.5 Å². The summed E-state index contributed by atoms with van der Waals surface area (Å²) in [5.41, 5.74) is 1.63. The molecule has 0 aliphatic heterocycles. The molecule has 2 aromatic carbocycles. The molecule has 180 valence electrons. The van der Waals surface area contributed by atoms with Crippen molar-refractivity contribution in [2.75, 3.05) is 23.7 Å². The van der Waals surface area contributed by atoms with Crippen molar-refractivity contribution in [1.29, 1.82) is 0 Å². The summed E-state index contributed by atoms with van der Waals surface area (Å²) in [4.78, 5) is 27.7. The molecule has 0 saturated heterocycles. The van der Waals surface area contributed by atoms with Crippen LogP contribution in [0.4, 0.5) is 10.1 Å². The van der Waals surface area contributed by atoms with Crippen LogP contribution in [0.3, 0.4) is 0 Å². The Balaban J connectivity index is 2.42. The third-order valence-electron chi connectivity index (χ3n) is 5.21. The first kappa shape index (κ1) is 26.3. The summed E-state index contributed by atoms with van der Waals surface area (Å²) >= 11 is 0. The first-order valence-electron chi connectivity index (χ1n) is 10.9. The van der Waals surface area contributed by atoms with E-state index in [1.54, 1.807) is 6.92 Å². The van der Waals surface area contributed by atoms with Crippen LogP contribution in [-0.4, -0.2) is 50.5 Å². The molecular formula is C24H32FN3O4S. The van der Waals surface area contributed by atoms with Gasteiger partial charge in [-0.2, -0.15) is 0 Å². The molecule has 0 spiro atoms. The number of carbonyl (C=O) groups is 2. The highest BCUT2D eigenvalue weighted by molar-refractivity contribution is 7.92. The van der Waals surface area contributed by atoms with E-state index in [1.165, 1.54) is 23.1 Å². The summed E-state index contributed by atoms with van der Waals surface area (Å²) in [5.74, 6) is -1.66. The van der Waals surface area contributed by atoms with Crippen LogP contribution >= 0.6 is 0 Å². The molecule has 0 fully saturated rings. The number of hydrogen-bond donors (Lipinski definition) is 1. The number of hydrogen-bond acceptors (Lipinski definition) is 4. The van der Waals surface area contributed by atoms with Gasteiger partial charge in [0, 0.05) is 13.1 Å². The highest BCUT2D eigenvalue weighted by atomic mass is 32.2. The molecule has 1 N–H and O–H groups in total. The average molecular weight is 478 g/mol. The van der Waals surface area contributed by atoms with E-state index in [0.717, 1.165) is 34.2 Å². The van der Waals surface area contributed by atoms with E-state index in [0.29, 0.717) is 13.0 Å². The predicted molar refractivity (Wildman–Crippen MR) is 128 cm³/mol. The topological polar surface area (TPSA) is 86.8 Å². The van der Waals surface area contributed by atoms with Gasteiger partial charge in [-0.3, -0.25) is 13.9 Å². The van der Waals surface area contributed by atoms with Crippen LogP contribution in [0.2, 0.25) is 0 Å². The molecule has 2 amide bonds. The minimum Gasteiger partial charge on any atom is -0.354 e. The van der Waals surface area contributed by atoms with Gasteiger partial charge in [-0.15, -0.1) is 0 Å². The molecule has 9 heteroatoms. The van der Waals surface area contributed by atoms with E-state index in [4.69, 9.17) is 0 Å². The number of nitrogens with zero attached hydrogens (tertiary/aromatic N) is 2. The Morgan fingerprint density at radius 2 is 1.70 bits per heavy atom. The van der Waals surface area contributed by atoms with Crippen molar-refractivity contribution in [3.8, 4) is 0 Å². The lowest BCUT2D eigenvalue weighted by atomic mass is 10.1. The van der Waals surface area contributed by atoms with Crippen LogP contribution in [0.25, 0.3) is 0 Å². The highest BCUT2D eigenvalue weighted by Crippen LogP contribution is 2.22. The van der Waals surface area contributed by atoms with Crippen LogP contribution < -0.4 is 9.62 Å². The van der Waals surface area contributed by atoms with E-state index in [2.05, 4.69) is 5.32 Å². The van der Waals surface area contributed by atoms with Crippen molar-refractivity contribution in [2.45, 2.75) is 46.2 Å². The fourth-order valence-electron chi connectivity index (χ4n) is 3.42. The molecule has 2 aromatic rings. The summed E-state index contributed by atoms with van der Waals surface area (Å²) in [6, 6.07) is 12.1. The maximum Gasteiger partial charge on any atom is 0.244 e. The smallest absolute Gasteiger partial charge is 0.244 e. The van der Waals surface area contributed by atoms with Gasteiger partial charge in [0.15, 0.2) is 0 Å². The molecule has 0 radical (unpaired) electrons. The first-order chi connectivity index (χ1) is 15.6. The van der Waals surface area contributed by atoms with E-state index in [-0.39, 0.29) is 18.1 Å². The number of amides is 2. The van der Waals surface area contributed by atoms with Gasteiger partial charge < -0.3 is 10.2 Å².